The van der Waals surface area contributed by atoms with Crippen molar-refractivity contribution in [2.45, 2.75) is 57.0 Å². The number of hydrogen-bond acceptors (Lipinski definition) is 5. The molecule has 1 aromatic rings. The maximum atomic E-state index is 12.3. The van der Waals surface area contributed by atoms with Crippen LogP contribution in [0.2, 0.25) is 0 Å². The summed E-state index contributed by atoms with van der Waals surface area (Å²) in [6.07, 6.45) is 5.22. The summed E-state index contributed by atoms with van der Waals surface area (Å²) in [4.78, 5) is 22.2. The van der Waals surface area contributed by atoms with Crippen LogP contribution in [-0.4, -0.2) is 54.4 Å². The van der Waals surface area contributed by atoms with Crippen LogP contribution in [0.15, 0.2) is 35.3 Å². The van der Waals surface area contributed by atoms with Gasteiger partial charge in [-0.25, -0.2) is 0 Å². The van der Waals surface area contributed by atoms with Gasteiger partial charge in [0.05, 0.1) is 24.1 Å². The third kappa shape index (κ3) is 3.78. The molecule has 33 heavy (non-hydrogen) atoms. The van der Waals surface area contributed by atoms with E-state index in [1.165, 1.54) is 5.69 Å². The Hall–Kier alpha value is -2.59. The van der Waals surface area contributed by atoms with E-state index in [0.29, 0.717) is 30.0 Å². The van der Waals surface area contributed by atoms with Crippen LogP contribution in [0.3, 0.4) is 0 Å². The Bertz CT molecular complexity index is 947. The van der Waals surface area contributed by atoms with Crippen molar-refractivity contribution in [2.75, 3.05) is 31.1 Å². The average molecular weight is 449 g/mol. The highest BCUT2D eigenvalue weighted by atomic mass is 16.1. The second kappa shape index (κ2) is 8.32. The second-order valence-electron chi connectivity index (χ2n) is 11.0. The first-order chi connectivity index (χ1) is 15.8. The molecule has 5 fully saturated rings. The average Bonchev–Trinajstić information content (AvgIpc) is 2.81. The number of amides is 1. The van der Waals surface area contributed by atoms with Gasteiger partial charge in [-0.15, -0.1) is 0 Å². The van der Waals surface area contributed by atoms with Gasteiger partial charge in [-0.1, -0.05) is 18.2 Å². The molecule has 0 radical (unpaired) electrons. The highest BCUT2D eigenvalue weighted by Crippen LogP contribution is 2.60. The number of piperazine rings is 1. The van der Waals surface area contributed by atoms with Crippen LogP contribution in [0, 0.1) is 34.5 Å². The summed E-state index contributed by atoms with van der Waals surface area (Å²) in [6.45, 7) is 5.56. The molecule has 4 bridgehead atoms. The van der Waals surface area contributed by atoms with E-state index in [2.05, 4.69) is 47.1 Å². The van der Waals surface area contributed by atoms with Gasteiger partial charge in [0.15, 0.2) is 0 Å². The molecule has 1 aromatic carbocycles. The van der Waals surface area contributed by atoms with Gasteiger partial charge in [0, 0.05) is 37.3 Å². The van der Waals surface area contributed by atoms with Crippen LogP contribution in [0.4, 0.5) is 5.69 Å². The predicted octanol–water partition coefficient (Wildman–Crippen LogP) is 2.52. The third-order valence-electron chi connectivity index (χ3n) is 9.11. The number of hydrogen-bond donors (Lipinski definition) is 2. The topological polar surface area (TPSA) is 112 Å². The van der Waals surface area contributed by atoms with Gasteiger partial charge < -0.3 is 16.4 Å². The molecule has 176 valence electrons. The molecular weight excluding hydrogens is 412 g/mol. The first-order valence-electron chi connectivity index (χ1n) is 12.4. The van der Waals surface area contributed by atoms with Crippen molar-refractivity contribution in [1.29, 1.82) is 5.26 Å². The van der Waals surface area contributed by atoms with E-state index in [-0.39, 0.29) is 17.4 Å². The number of rotatable bonds is 6. The molecule has 4 saturated carbocycles. The fourth-order valence-corrected chi connectivity index (χ4v) is 7.43. The number of carbonyl (C=O) groups is 1. The fourth-order valence-electron chi connectivity index (χ4n) is 7.43. The highest BCUT2D eigenvalue weighted by Gasteiger charge is 2.58. The van der Waals surface area contributed by atoms with Crippen molar-refractivity contribution in [3.05, 3.63) is 30.3 Å². The fraction of sp³-hybridized carbons (Fsp3) is 0.654. The minimum atomic E-state index is -0.576. The van der Waals surface area contributed by atoms with E-state index < -0.39 is 5.54 Å². The van der Waals surface area contributed by atoms with Gasteiger partial charge >= 0.3 is 0 Å². The molecule has 7 heteroatoms. The summed E-state index contributed by atoms with van der Waals surface area (Å²) < 4.78 is 0. The molecule has 1 aliphatic heterocycles. The normalized spacial score (nSPS) is 35.8. The van der Waals surface area contributed by atoms with Crippen LogP contribution in [0.1, 0.15) is 45.4 Å². The summed E-state index contributed by atoms with van der Waals surface area (Å²) in [5.41, 5.74) is 12.9. The molecule has 1 saturated heterocycles. The Balaban J connectivity index is 1.33. The monoisotopic (exact) mass is 448 g/mol. The molecule has 7 nitrogen and oxygen atoms in total. The molecule has 4 N–H and O–H groups in total. The standard InChI is InChI=1S/C26H36N6O/c1-25(7-8-27,32-11-9-31(10-12-32)21-5-3-2-4-6-21)23(28)30-22-19-13-18-14-20(22)17-26(15-18,16-19)24(29)33/h2-6,18-20,22H,7,9-17H2,1H3,(H2,28,30)(H2,29,33). The van der Waals surface area contributed by atoms with Crippen LogP contribution < -0.4 is 16.4 Å². The molecule has 5 aliphatic rings. The summed E-state index contributed by atoms with van der Waals surface area (Å²) in [7, 11) is 0. The van der Waals surface area contributed by atoms with Crippen molar-refractivity contribution in [1.82, 2.24) is 4.90 Å². The largest absolute Gasteiger partial charge is 0.386 e. The van der Waals surface area contributed by atoms with Crippen molar-refractivity contribution in [3.63, 3.8) is 0 Å². The molecule has 0 spiro atoms. The molecule has 6 rings (SSSR count). The van der Waals surface area contributed by atoms with E-state index >= 15 is 0 Å². The van der Waals surface area contributed by atoms with E-state index in [9.17, 15) is 10.1 Å². The highest BCUT2D eigenvalue weighted by molar-refractivity contribution is 5.90. The van der Waals surface area contributed by atoms with Gasteiger partial charge in [-0.3, -0.25) is 14.7 Å². The number of amidine groups is 1. The van der Waals surface area contributed by atoms with Crippen molar-refractivity contribution >= 4 is 17.4 Å². The third-order valence-corrected chi connectivity index (χ3v) is 9.11. The molecule has 0 aromatic heterocycles. The van der Waals surface area contributed by atoms with Crippen molar-refractivity contribution < 1.29 is 4.79 Å². The minimum Gasteiger partial charge on any atom is -0.386 e. The Morgan fingerprint density at radius 2 is 1.76 bits per heavy atom. The van der Waals surface area contributed by atoms with E-state index in [1.807, 2.05) is 6.07 Å². The number of benzene rings is 1. The number of primary amides is 1. The molecule has 1 amide bonds. The quantitative estimate of drug-likeness (QED) is 0.513. The number of nitrogens with zero attached hydrogens (tertiary/aromatic N) is 4. The molecule has 1 heterocycles. The summed E-state index contributed by atoms with van der Waals surface area (Å²) >= 11 is 0. The smallest absolute Gasteiger partial charge is 0.223 e. The lowest BCUT2D eigenvalue weighted by atomic mass is 9.48. The lowest BCUT2D eigenvalue weighted by molar-refractivity contribution is -0.144. The number of nitrogens with two attached hydrogens (primary N) is 2. The van der Waals surface area contributed by atoms with Gasteiger partial charge in [0.1, 0.15) is 5.84 Å². The lowest BCUT2D eigenvalue weighted by Crippen LogP contribution is -2.62. The zero-order chi connectivity index (χ0) is 23.2. The minimum absolute atomic E-state index is 0.122. The molecule has 4 aliphatic carbocycles. The van der Waals surface area contributed by atoms with Crippen LogP contribution in [-0.2, 0) is 4.79 Å². The predicted molar refractivity (Wildman–Crippen MR) is 129 cm³/mol. The van der Waals surface area contributed by atoms with E-state index in [1.54, 1.807) is 0 Å². The van der Waals surface area contributed by atoms with Crippen LogP contribution in [0.25, 0.3) is 0 Å². The maximum Gasteiger partial charge on any atom is 0.223 e. The zero-order valence-corrected chi connectivity index (χ0v) is 19.6. The van der Waals surface area contributed by atoms with Gasteiger partial charge in [-0.05, 0) is 68.9 Å². The second-order valence-corrected chi connectivity index (χ2v) is 11.0. The SMILES string of the molecule is CC(CC#N)(C(N)=NC1C2CC3CC1CC(C(N)=O)(C3)C2)N1CCN(c2ccccc2)CC1. The number of nitriles is 1. The van der Waals surface area contributed by atoms with Crippen molar-refractivity contribution in [2.24, 2.45) is 39.6 Å². The Labute approximate surface area is 196 Å². The van der Waals surface area contributed by atoms with E-state index in [0.717, 1.165) is 58.3 Å². The summed E-state index contributed by atoms with van der Waals surface area (Å²) in [5.74, 6) is 1.82. The van der Waals surface area contributed by atoms with Crippen LogP contribution >= 0.6 is 0 Å². The van der Waals surface area contributed by atoms with Crippen molar-refractivity contribution in [3.8, 4) is 6.07 Å². The van der Waals surface area contributed by atoms with Crippen LogP contribution in [0.5, 0.6) is 0 Å². The van der Waals surface area contributed by atoms with E-state index in [4.69, 9.17) is 16.5 Å². The summed E-state index contributed by atoms with van der Waals surface area (Å²) in [5, 5.41) is 9.67. The number of aliphatic imine (C=N–C) groups is 1. The molecule has 3 unspecified atom stereocenters. The van der Waals surface area contributed by atoms with Gasteiger partial charge in [0.2, 0.25) is 5.91 Å². The Morgan fingerprint density at radius 3 is 2.33 bits per heavy atom. The Morgan fingerprint density at radius 1 is 1.12 bits per heavy atom. The molecule has 3 atom stereocenters. The first-order valence-corrected chi connectivity index (χ1v) is 12.4. The van der Waals surface area contributed by atoms with Gasteiger partial charge in [-0.2, -0.15) is 5.26 Å². The number of para-hydroxylation sites is 1. The number of carbonyl (C=O) groups excluding carboxylic acids is 1. The lowest BCUT2D eigenvalue weighted by Gasteiger charge is -2.58. The Kier molecular flexibility index (Phi) is 5.60. The maximum absolute atomic E-state index is 12.3. The summed E-state index contributed by atoms with van der Waals surface area (Å²) in [6, 6.07) is 13.0. The van der Waals surface area contributed by atoms with Gasteiger partial charge in [0.25, 0.3) is 0 Å². The number of anilines is 1. The molecular formula is C26H36N6O. The zero-order valence-electron chi connectivity index (χ0n) is 19.6. The first kappa shape index (κ1) is 22.2.